The Hall–Kier alpha value is -1.89. The summed E-state index contributed by atoms with van der Waals surface area (Å²) in [4.78, 5) is 11.8. The molecule has 0 bridgehead atoms. The SMILES string of the molecule is CCOC(=O)Cc1ccc(C[C@@H]2CCC[C@H]2NS(=O)(=O)c2ccc(Cl)cc2)cc1. The molecule has 0 aromatic heterocycles. The molecule has 0 radical (unpaired) electrons. The summed E-state index contributed by atoms with van der Waals surface area (Å²) in [5.74, 6) is 0.0145. The van der Waals surface area contributed by atoms with Gasteiger partial charge in [0.15, 0.2) is 0 Å². The summed E-state index contributed by atoms with van der Waals surface area (Å²) in [6.45, 7) is 2.17. The van der Waals surface area contributed by atoms with Crippen LogP contribution in [0.5, 0.6) is 0 Å². The fourth-order valence-corrected chi connectivity index (χ4v) is 5.26. The van der Waals surface area contributed by atoms with Crippen LogP contribution in [0.1, 0.15) is 37.3 Å². The average molecular weight is 436 g/mol. The molecule has 0 amide bonds. The molecule has 0 saturated heterocycles. The Balaban J connectivity index is 1.62. The molecule has 2 aromatic carbocycles. The lowest BCUT2D eigenvalue weighted by Crippen LogP contribution is -2.38. The molecule has 0 heterocycles. The molecule has 1 aliphatic carbocycles. The predicted octanol–water partition coefficient (Wildman–Crippen LogP) is 4.14. The summed E-state index contributed by atoms with van der Waals surface area (Å²) < 4.78 is 33.3. The number of rotatable bonds is 8. The Morgan fingerprint density at radius 1 is 1.07 bits per heavy atom. The molecule has 156 valence electrons. The number of carbonyl (C=O) groups is 1. The van der Waals surface area contributed by atoms with Gasteiger partial charge in [-0.2, -0.15) is 0 Å². The zero-order valence-corrected chi connectivity index (χ0v) is 18.0. The van der Waals surface area contributed by atoms with E-state index in [1.807, 2.05) is 24.3 Å². The van der Waals surface area contributed by atoms with Crippen LogP contribution in [0.2, 0.25) is 5.02 Å². The standard InChI is InChI=1S/C22H26ClNO4S/c1-2-28-22(25)15-17-8-6-16(7-9-17)14-18-4-3-5-21(18)24-29(26,27)20-12-10-19(23)11-13-20/h6-13,18,21,24H,2-5,14-15H2,1H3/t18-,21+/m0/s1. The van der Waals surface area contributed by atoms with Gasteiger partial charge in [0.1, 0.15) is 0 Å². The van der Waals surface area contributed by atoms with E-state index in [1.54, 1.807) is 19.1 Å². The zero-order valence-electron chi connectivity index (χ0n) is 16.4. The Morgan fingerprint density at radius 2 is 1.72 bits per heavy atom. The van der Waals surface area contributed by atoms with Crippen LogP contribution in [0, 0.1) is 5.92 Å². The number of ether oxygens (including phenoxy) is 1. The van der Waals surface area contributed by atoms with Crippen LogP contribution in [0.25, 0.3) is 0 Å². The van der Waals surface area contributed by atoms with Crippen molar-refractivity contribution in [1.82, 2.24) is 4.72 Å². The second kappa shape index (κ2) is 9.74. The molecule has 0 unspecified atom stereocenters. The number of hydrogen-bond acceptors (Lipinski definition) is 4. The number of halogens is 1. The maximum atomic E-state index is 12.7. The van der Waals surface area contributed by atoms with Crippen LogP contribution < -0.4 is 4.72 Å². The van der Waals surface area contributed by atoms with E-state index in [4.69, 9.17) is 16.3 Å². The van der Waals surface area contributed by atoms with Crippen molar-refractivity contribution in [2.45, 2.75) is 50.0 Å². The van der Waals surface area contributed by atoms with E-state index in [0.717, 1.165) is 36.8 Å². The van der Waals surface area contributed by atoms with Gasteiger partial charge in [-0.1, -0.05) is 42.3 Å². The highest BCUT2D eigenvalue weighted by Crippen LogP contribution is 2.30. The Labute approximate surface area is 177 Å². The number of sulfonamides is 1. The van der Waals surface area contributed by atoms with Crippen molar-refractivity contribution in [2.75, 3.05) is 6.61 Å². The first-order valence-corrected chi connectivity index (χ1v) is 11.7. The van der Waals surface area contributed by atoms with Crippen LogP contribution in [0.3, 0.4) is 0 Å². The van der Waals surface area contributed by atoms with Gasteiger partial charge in [0, 0.05) is 11.1 Å². The molecule has 2 aromatic rings. The van der Waals surface area contributed by atoms with Crippen LogP contribution >= 0.6 is 11.6 Å². The molecule has 3 rings (SSSR count). The summed E-state index contributed by atoms with van der Waals surface area (Å²) >= 11 is 5.86. The summed E-state index contributed by atoms with van der Waals surface area (Å²) in [7, 11) is -3.57. The highest BCUT2D eigenvalue weighted by molar-refractivity contribution is 7.89. The second-order valence-electron chi connectivity index (χ2n) is 7.38. The zero-order chi connectivity index (χ0) is 20.9. The van der Waals surface area contributed by atoms with Crippen molar-refractivity contribution in [3.63, 3.8) is 0 Å². The topological polar surface area (TPSA) is 72.5 Å². The van der Waals surface area contributed by atoms with Crippen molar-refractivity contribution < 1.29 is 17.9 Å². The lowest BCUT2D eigenvalue weighted by atomic mass is 9.94. The summed E-state index contributed by atoms with van der Waals surface area (Å²) in [6, 6.07) is 14.0. The molecule has 1 saturated carbocycles. The van der Waals surface area contributed by atoms with Crippen molar-refractivity contribution in [3.8, 4) is 0 Å². The van der Waals surface area contributed by atoms with Crippen molar-refractivity contribution in [3.05, 3.63) is 64.7 Å². The molecule has 7 heteroatoms. The van der Waals surface area contributed by atoms with Gasteiger partial charge in [0.2, 0.25) is 10.0 Å². The molecule has 5 nitrogen and oxygen atoms in total. The normalized spacial score (nSPS) is 19.2. The lowest BCUT2D eigenvalue weighted by molar-refractivity contribution is -0.142. The fraction of sp³-hybridized carbons (Fsp3) is 0.409. The van der Waals surface area contributed by atoms with E-state index in [2.05, 4.69) is 4.72 Å². The minimum atomic E-state index is -3.57. The maximum Gasteiger partial charge on any atom is 0.310 e. The van der Waals surface area contributed by atoms with E-state index in [0.29, 0.717) is 11.6 Å². The van der Waals surface area contributed by atoms with E-state index in [9.17, 15) is 13.2 Å². The molecule has 1 fully saturated rings. The minimum Gasteiger partial charge on any atom is -0.466 e. The van der Waals surface area contributed by atoms with Gasteiger partial charge in [0.25, 0.3) is 0 Å². The van der Waals surface area contributed by atoms with Gasteiger partial charge in [-0.25, -0.2) is 13.1 Å². The van der Waals surface area contributed by atoms with E-state index < -0.39 is 10.0 Å². The monoisotopic (exact) mass is 435 g/mol. The van der Waals surface area contributed by atoms with Gasteiger partial charge < -0.3 is 4.74 Å². The third-order valence-electron chi connectivity index (χ3n) is 5.26. The number of hydrogen-bond donors (Lipinski definition) is 1. The molecular formula is C22H26ClNO4S. The Bertz CT molecular complexity index is 926. The van der Waals surface area contributed by atoms with E-state index in [1.165, 1.54) is 12.1 Å². The molecule has 0 aliphatic heterocycles. The fourth-order valence-electron chi connectivity index (χ4n) is 3.79. The second-order valence-corrected chi connectivity index (χ2v) is 9.53. The summed E-state index contributed by atoms with van der Waals surface area (Å²) in [5, 5.41) is 0.508. The number of esters is 1. The third kappa shape index (κ3) is 6.04. The first-order chi connectivity index (χ1) is 13.9. The molecule has 1 N–H and O–H groups in total. The van der Waals surface area contributed by atoms with Crippen LogP contribution in [-0.4, -0.2) is 27.0 Å². The predicted molar refractivity (Wildman–Crippen MR) is 113 cm³/mol. The highest BCUT2D eigenvalue weighted by atomic mass is 35.5. The van der Waals surface area contributed by atoms with Gasteiger partial charge in [-0.15, -0.1) is 0 Å². The molecule has 2 atom stereocenters. The quantitative estimate of drug-likeness (QED) is 0.632. The molecule has 1 aliphatic rings. The average Bonchev–Trinajstić information content (AvgIpc) is 3.10. The molecular weight excluding hydrogens is 410 g/mol. The first kappa shape index (κ1) is 21.8. The Morgan fingerprint density at radius 3 is 2.38 bits per heavy atom. The van der Waals surface area contributed by atoms with Crippen molar-refractivity contribution >= 4 is 27.6 Å². The summed E-state index contributed by atoms with van der Waals surface area (Å²) in [5.41, 5.74) is 2.05. The van der Waals surface area contributed by atoms with Gasteiger partial charge in [-0.05, 0) is 67.5 Å². The van der Waals surface area contributed by atoms with Crippen LogP contribution in [0.15, 0.2) is 53.4 Å². The van der Waals surface area contributed by atoms with Gasteiger partial charge in [-0.3, -0.25) is 4.79 Å². The number of nitrogens with one attached hydrogen (secondary N) is 1. The van der Waals surface area contributed by atoms with Crippen LogP contribution in [0.4, 0.5) is 0 Å². The maximum absolute atomic E-state index is 12.7. The lowest BCUT2D eigenvalue weighted by Gasteiger charge is -2.21. The largest absolute Gasteiger partial charge is 0.466 e. The Kier molecular flexibility index (Phi) is 7.33. The van der Waals surface area contributed by atoms with Gasteiger partial charge >= 0.3 is 5.97 Å². The number of benzene rings is 2. The van der Waals surface area contributed by atoms with Crippen LogP contribution in [-0.2, 0) is 32.4 Å². The van der Waals surface area contributed by atoms with E-state index in [-0.39, 0.29) is 29.2 Å². The van der Waals surface area contributed by atoms with Gasteiger partial charge in [0.05, 0.1) is 17.9 Å². The van der Waals surface area contributed by atoms with Crippen molar-refractivity contribution in [2.24, 2.45) is 5.92 Å². The highest BCUT2D eigenvalue weighted by Gasteiger charge is 2.31. The number of carbonyl (C=O) groups excluding carboxylic acids is 1. The van der Waals surface area contributed by atoms with Crippen molar-refractivity contribution in [1.29, 1.82) is 0 Å². The molecule has 0 spiro atoms. The smallest absolute Gasteiger partial charge is 0.310 e. The summed E-state index contributed by atoms with van der Waals surface area (Å²) in [6.07, 6.45) is 3.88. The third-order valence-corrected chi connectivity index (χ3v) is 7.02. The first-order valence-electron chi connectivity index (χ1n) is 9.88. The molecule has 29 heavy (non-hydrogen) atoms. The minimum absolute atomic E-state index is 0.0881. The van der Waals surface area contributed by atoms with E-state index >= 15 is 0 Å².